The summed E-state index contributed by atoms with van der Waals surface area (Å²) in [6.45, 7) is 7.57. The van der Waals surface area contributed by atoms with Crippen LogP contribution in [0.4, 0.5) is 0 Å². The molecule has 3 rings (SSSR count). The molecule has 8 heteroatoms. The Kier molecular flexibility index (Phi) is 5.90. The van der Waals surface area contributed by atoms with E-state index < -0.39 is 15.9 Å². The molecule has 0 aliphatic carbocycles. The average molecular weight is 407 g/mol. The van der Waals surface area contributed by atoms with Crippen LogP contribution in [0.3, 0.4) is 0 Å². The number of hydrogen-bond donors (Lipinski definition) is 0. The Hall–Kier alpha value is -2.19. The summed E-state index contributed by atoms with van der Waals surface area (Å²) in [5, 5.41) is 3.75. The van der Waals surface area contributed by atoms with Gasteiger partial charge in [-0.3, -0.25) is 4.79 Å². The van der Waals surface area contributed by atoms with Gasteiger partial charge in [0.2, 0.25) is 10.0 Å². The molecule has 1 aliphatic rings. The second-order valence-corrected chi connectivity index (χ2v) is 9.29. The first-order valence-corrected chi connectivity index (χ1v) is 10.9. The third kappa shape index (κ3) is 4.12. The number of nitrogens with zero attached hydrogens (tertiary/aromatic N) is 2. The van der Waals surface area contributed by atoms with Gasteiger partial charge in [-0.1, -0.05) is 17.3 Å². The lowest BCUT2D eigenvalue weighted by Gasteiger charge is -2.31. The van der Waals surface area contributed by atoms with Gasteiger partial charge in [0.15, 0.2) is 11.5 Å². The molecule has 0 spiro atoms. The minimum absolute atomic E-state index is 0.00992. The molecule has 1 atom stereocenters. The van der Waals surface area contributed by atoms with Crippen molar-refractivity contribution in [2.45, 2.75) is 51.5 Å². The fourth-order valence-corrected chi connectivity index (χ4v) is 5.39. The Morgan fingerprint density at radius 2 is 2.07 bits per heavy atom. The summed E-state index contributed by atoms with van der Waals surface area (Å²) < 4.78 is 38.2. The standard InChI is InChI=1S/C20H26N2O5S/c1-13(2)26-18-9-5-7-16(11-18)19(23)17-8-6-10-22(12-17)28(24,25)20-14(3)21-27-15(20)4/h5,7,9,11,13,17H,6,8,10,12H2,1-4H3/t17-/m0/s1. The zero-order valence-electron chi connectivity index (χ0n) is 16.6. The quantitative estimate of drug-likeness (QED) is 0.684. The van der Waals surface area contributed by atoms with Crippen LogP contribution in [0.25, 0.3) is 0 Å². The van der Waals surface area contributed by atoms with Gasteiger partial charge in [0.25, 0.3) is 0 Å². The van der Waals surface area contributed by atoms with E-state index >= 15 is 0 Å². The highest BCUT2D eigenvalue weighted by atomic mass is 32.2. The van der Waals surface area contributed by atoms with Crippen molar-refractivity contribution in [1.82, 2.24) is 9.46 Å². The van der Waals surface area contributed by atoms with Crippen LogP contribution in [0.5, 0.6) is 5.75 Å². The van der Waals surface area contributed by atoms with Gasteiger partial charge >= 0.3 is 0 Å². The second-order valence-electron chi connectivity index (χ2n) is 7.41. The first kappa shape index (κ1) is 20.5. The molecule has 1 aromatic heterocycles. The highest BCUT2D eigenvalue weighted by molar-refractivity contribution is 7.89. The van der Waals surface area contributed by atoms with Gasteiger partial charge in [-0.2, -0.15) is 4.31 Å². The van der Waals surface area contributed by atoms with Gasteiger partial charge in [-0.25, -0.2) is 8.42 Å². The summed E-state index contributed by atoms with van der Waals surface area (Å²) in [6, 6.07) is 7.07. The molecule has 152 valence electrons. The molecule has 2 heterocycles. The maximum atomic E-state index is 13.1. The predicted molar refractivity (Wildman–Crippen MR) is 104 cm³/mol. The molecule has 0 amide bonds. The Morgan fingerprint density at radius 3 is 2.71 bits per heavy atom. The van der Waals surface area contributed by atoms with Crippen LogP contribution in [0.2, 0.25) is 0 Å². The van der Waals surface area contributed by atoms with Crippen molar-refractivity contribution in [2.75, 3.05) is 13.1 Å². The van der Waals surface area contributed by atoms with Gasteiger partial charge in [0.1, 0.15) is 16.3 Å². The Bertz CT molecular complexity index is 945. The fraction of sp³-hybridized carbons (Fsp3) is 0.500. The minimum Gasteiger partial charge on any atom is -0.491 e. The molecule has 28 heavy (non-hydrogen) atoms. The van der Waals surface area contributed by atoms with Crippen molar-refractivity contribution in [3.8, 4) is 5.75 Å². The van der Waals surface area contributed by atoms with Crippen LogP contribution in [0, 0.1) is 19.8 Å². The van der Waals surface area contributed by atoms with Crippen LogP contribution in [0.15, 0.2) is 33.7 Å². The van der Waals surface area contributed by atoms with Gasteiger partial charge in [0.05, 0.1) is 6.10 Å². The maximum absolute atomic E-state index is 13.1. The lowest BCUT2D eigenvalue weighted by atomic mass is 9.91. The van der Waals surface area contributed by atoms with Crippen molar-refractivity contribution in [3.63, 3.8) is 0 Å². The van der Waals surface area contributed by atoms with Crippen molar-refractivity contribution in [1.29, 1.82) is 0 Å². The molecular formula is C20H26N2O5S. The van der Waals surface area contributed by atoms with E-state index in [0.29, 0.717) is 36.4 Å². The topological polar surface area (TPSA) is 89.7 Å². The number of benzene rings is 1. The van der Waals surface area contributed by atoms with Gasteiger partial charge in [0, 0.05) is 24.6 Å². The Balaban J connectivity index is 1.81. The van der Waals surface area contributed by atoms with Gasteiger partial charge in [-0.05, 0) is 52.7 Å². The molecule has 1 aromatic carbocycles. The van der Waals surface area contributed by atoms with Crippen LogP contribution >= 0.6 is 0 Å². The van der Waals surface area contributed by atoms with Crippen LogP contribution < -0.4 is 4.74 Å². The SMILES string of the molecule is Cc1noc(C)c1S(=O)(=O)N1CCC[C@H](C(=O)c2cccc(OC(C)C)c2)C1. The summed E-state index contributed by atoms with van der Waals surface area (Å²) >= 11 is 0. The molecule has 1 fully saturated rings. The molecule has 0 N–H and O–H groups in total. The van der Waals surface area contributed by atoms with E-state index in [-0.39, 0.29) is 29.1 Å². The van der Waals surface area contributed by atoms with Crippen LogP contribution in [-0.4, -0.2) is 42.9 Å². The molecule has 0 radical (unpaired) electrons. The molecule has 0 unspecified atom stereocenters. The summed E-state index contributed by atoms with van der Waals surface area (Å²) in [5.74, 6) is 0.451. The minimum atomic E-state index is -3.75. The number of piperidine rings is 1. The molecule has 1 saturated heterocycles. The van der Waals surface area contributed by atoms with E-state index in [1.54, 1.807) is 32.0 Å². The second kappa shape index (κ2) is 8.05. The number of carbonyl (C=O) groups excluding carboxylic acids is 1. The first-order chi connectivity index (χ1) is 13.2. The molecule has 2 aromatic rings. The third-order valence-corrected chi connectivity index (χ3v) is 6.92. The number of ether oxygens (including phenoxy) is 1. The van der Waals surface area contributed by atoms with Crippen molar-refractivity contribution in [2.24, 2.45) is 5.92 Å². The lowest BCUT2D eigenvalue weighted by Crippen LogP contribution is -2.42. The number of ketones is 1. The number of aryl methyl sites for hydroxylation is 2. The third-order valence-electron chi connectivity index (χ3n) is 4.81. The van der Waals surface area contributed by atoms with Crippen LogP contribution in [0.1, 0.15) is 48.5 Å². The number of carbonyl (C=O) groups is 1. The number of sulfonamides is 1. The molecule has 7 nitrogen and oxygen atoms in total. The van der Waals surface area contributed by atoms with Crippen molar-refractivity contribution in [3.05, 3.63) is 41.3 Å². The van der Waals surface area contributed by atoms with Gasteiger partial charge < -0.3 is 9.26 Å². The van der Waals surface area contributed by atoms with E-state index in [1.807, 2.05) is 19.9 Å². The molecule has 0 bridgehead atoms. The fourth-order valence-electron chi connectivity index (χ4n) is 3.58. The molecule has 0 saturated carbocycles. The molecular weight excluding hydrogens is 380 g/mol. The summed E-state index contributed by atoms with van der Waals surface area (Å²) in [6.07, 6.45) is 1.29. The van der Waals surface area contributed by atoms with Crippen LogP contribution in [-0.2, 0) is 10.0 Å². The first-order valence-electron chi connectivity index (χ1n) is 9.44. The number of rotatable bonds is 6. The van der Waals surface area contributed by atoms with E-state index in [4.69, 9.17) is 9.26 Å². The average Bonchev–Trinajstić information content (AvgIpc) is 3.00. The normalized spacial score (nSPS) is 18.4. The Morgan fingerprint density at radius 1 is 1.32 bits per heavy atom. The summed E-state index contributed by atoms with van der Waals surface area (Å²) in [5.41, 5.74) is 0.879. The smallest absolute Gasteiger partial charge is 0.248 e. The van der Waals surface area contributed by atoms with Gasteiger partial charge in [-0.15, -0.1) is 0 Å². The largest absolute Gasteiger partial charge is 0.491 e. The Labute approximate surface area is 165 Å². The molecule has 1 aliphatic heterocycles. The highest BCUT2D eigenvalue weighted by Gasteiger charge is 2.36. The monoisotopic (exact) mass is 406 g/mol. The van der Waals surface area contributed by atoms with E-state index in [0.717, 1.165) is 0 Å². The lowest BCUT2D eigenvalue weighted by molar-refractivity contribution is 0.0871. The highest BCUT2D eigenvalue weighted by Crippen LogP contribution is 2.29. The maximum Gasteiger partial charge on any atom is 0.248 e. The zero-order chi connectivity index (χ0) is 20.5. The number of Topliss-reactive ketones (excluding diaryl/α,β-unsaturated/α-hetero) is 1. The van der Waals surface area contributed by atoms with E-state index in [2.05, 4.69) is 5.16 Å². The zero-order valence-corrected chi connectivity index (χ0v) is 17.5. The predicted octanol–water partition coefficient (Wildman–Crippen LogP) is 3.36. The van der Waals surface area contributed by atoms with Crippen molar-refractivity contribution >= 4 is 15.8 Å². The van der Waals surface area contributed by atoms with Crippen molar-refractivity contribution < 1.29 is 22.5 Å². The summed E-state index contributed by atoms with van der Waals surface area (Å²) in [7, 11) is -3.75. The summed E-state index contributed by atoms with van der Waals surface area (Å²) in [4.78, 5) is 13.1. The number of hydrogen-bond acceptors (Lipinski definition) is 6. The van der Waals surface area contributed by atoms with E-state index in [1.165, 1.54) is 4.31 Å². The number of aromatic nitrogens is 1. The van der Waals surface area contributed by atoms with E-state index in [9.17, 15) is 13.2 Å².